The lowest BCUT2D eigenvalue weighted by molar-refractivity contribution is -0.384. The summed E-state index contributed by atoms with van der Waals surface area (Å²) in [6.45, 7) is 0.886. The van der Waals surface area contributed by atoms with Crippen LogP contribution in [0.3, 0.4) is 0 Å². The molecule has 5 aromatic carbocycles. The summed E-state index contributed by atoms with van der Waals surface area (Å²) in [5, 5.41) is 11.4. The minimum absolute atomic E-state index is 0.00591. The van der Waals surface area contributed by atoms with Crippen LogP contribution in [0.4, 0.5) is 11.4 Å². The molecule has 0 bridgehead atoms. The van der Waals surface area contributed by atoms with Gasteiger partial charge in [0.05, 0.1) is 16.9 Å². The van der Waals surface area contributed by atoms with E-state index in [4.69, 9.17) is 0 Å². The van der Waals surface area contributed by atoms with Crippen LogP contribution in [-0.4, -0.2) is 34.1 Å². The number of non-ortho nitro benzene ring substituents is 1. The Hall–Kier alpha value is -4.70. The molecular formula is C42H31Br2N3O4. The van der Waals surface area contributed by atoms with Crippen molar-refractivity contribution in [2.45, 2.75) is 42.3 Å². The number of nitro benzene ring substituents is 1. The summed E-state index contributed by atoms with van der Waals surface area (Å²) < 4.78 is 1.90. The highest BCUT2D eigenvalue weighted by molar-refractivity contribution is 9.10. The van der Waals surface area contributed by atoms with Crippen molar-refractivity contribution in [3.8, 4) is 0 Å². The second kappa shape index (κ2) is 11.9. The van der Waals surface area contributed by atoms with Gasteiger partial charge in [-0.3, -0.25) is 24.6 Å². The Morgan fingerprint density at radius 1 is 0.804 bits per heavy atom. The molecule has 0 radical (unpaired) electrons. The van der Waals surface area contributed by atoms with Gasteiger partial charge in [0, 0.05) is 49.9 Å². The number of para-hydroxylation sites is 1. The van der Waals surface area contributed by atoms with Crippen LogP contribution in [0, 0.1) is 10.1 Å². The van der Waals surface area contributed by atoms with Gasteiger partial charge in [-0.05, 0) is 83.6 Å². The van der Waals surface area contributed by atoms with Crippen LogP contribution in [0.25, 0.3) is 11.6 Å². The molecule has 4 aliphatic rings. The molecule has 0 aromatic heterocycles. The Kier molecular flexibility index (Phi) is 7.54. The monoisotopic (exact) mass is 799 g/mol. The van der Waals surface area contributed by atoms with E-state index >= 15 is 9.59 Å². The molecule has 252 valence electrons. The average molecular weight is 802 g/mol. The number of halogens is 2. The topological polar surface area (TPSA) is 83.8 Å². The maximum atomic E-state index is 16.1. The van der Waals surface area contributed by atoms with E-state index in [0.29, 0.717) is 12.1 Å². The normalized spacial score (nSPS) is 25.6. The fraction of sp³-hybridized carbons (Fsp3) is 0.190. The van der Waals surface area contributed by atoms with Gasteiger partial charge < -0.3 is 4.90 Å². The van der Waals surface area contributed by atoms with Crippen molar-refractivity contribution in [1.29, 1.82) is 0 Å². The van der Waals surface area contributed by atoms with Crippen molar-refractivity contribution in [2.75, 3.05) is 11.4 Å². The molecule has 5 aromatic rings. The summed E-state index contributed by atoms with van der Waals surface area (Å²) >= 11 is 7.17. The van der Waals surface area contributed by atoms with Crippen molar-refractivity contribution in [2.24, 2.45) is 0 Å². The molecule has 0 saturated carbocycles. The first-order valence-corrected chi connectivity index (χ1v) is 18.6. The van der Waals surface area contributed by atoms with Crippen LogP contribution in [0.2, 0.25) is 0 Å². The van der Waals surface area contributed by atoms with E-state index in [2.05, 4.69) is 55.0 Å². The van der Waals surface area contributed by atoms with Crippen LogP contribution in [0.1, 0.15) is 52.1 Å². The van der Waals surface area contributed by atoms with E-state index in [1.165, 1.54) is 12.1 Å². The first kappa shape index (κ1) is 32.2. The second-order valence-electron chi connectivity index (χ2n) is 13.8. The molecule has 1 unspecified atom stereocenters. The van der Waals surface area contributed by atoms with Gasteiger partial charge in [0.25, 0.3) is 11.6 Å². The fourth-order valence-corrected chi connectivity index (χ4v) is 10.2. The van der Waals surface area contributed by atoms with Crippen molar-refractivity contribution >= 4 is 66.6 Å². The summed E-state index contributed by atoms with van der Waals surface area (Å²) in [5.74, 6) is -0.509. The SMILES string of the molecule is O=C1/C(=C/c2ccc(Br)cc2)c2ccccc2[C@]12[C@@H](c1ccc(Br)cc1)C1CCCN1[C@]21C(=O)N(Cc2ccc([N+](=O)[O-])cc2)c2ccccc21. The Balaban J connectivity index is 1.33. The predicted octanol–water partition coefficient (Wildman–Crippen LogP) is 9.19. The number of hydrogen-bond acceptors (Lipinski definition) is 5. The first-order chi connectivity index (χ1) is 24.8. The highest BCUT2D eigenvalue weighted by atomic mass is 79.9. The molecule has 51 heavy (non-hydrogen) atoms. The van der Waals surface area contributed by atoms with E-state index in [1.807, 2.05) is 89.8 Å². The first-order valence-electron chi connectivity index (χ1n) is 17.1. The van der Waals surface area contributed by atoms with Gasteiger partial charge in [0.15, 0.2) is 5.78 Å². The lowest BCUT2D eigenvalue weighted by atomic mass is 9.56. The molecule has 2 spiro atoms. The molecular weight excluding hydrogens is 770 g/mol. The number of anilines is 1. The fourth-order valence-electron chi connectivity index (χ4n) is 9.65. The van der Waals surface area contributed by atoms with Gasteiger partial charge in [-0.2, -0.15) is 0 Å². The summed E-state index contributed by atoms with van der Waals surface area (Å²) in [5.41, 5.74) is 3.99. The van der Waals surface area contributed by atoms with Gasteiger partial charge >= 0.3 is 0 Å². The molecule has 3 aliphatic heterocycles. The van der Waals surface area contributed by atoms with Crippen molar-refractivity contribution in [1.82, 2.24) is 4.90 Å². The molecule has 9 rings (SSSR count). The van der Waals surface area contributed by atoms with E-state index < -0.39 is 15.9 Å². The summed E-state index contributed by atoms with van der Waals surface area (Å²) in [6, 6.07) is 38.5. The zero-order chi connectivity index (χ0) is 35.1. The Morgan fingerprint density at radius 3 is 2.16 bits per heavy atom. The Morgan fingerprint density at radius 2 is 1.45 bits per heavy atom. The molecule has 2 saturated heterocycles. The molecule has 3 heterocycles. The van der Waals surface area contributed by atoms with Gasteiger partial charge in [0.2, 0.25) is 0 Å². The maximum absolute atomic E-state index is 16.1. The zero-order valence-corrected chi connectivity index (χ0v) is 30.5. The molecule has 0 N–H and O–H groups in total. The number of carbonyl (C=O) groups excluding carboxylic acids is 2. The number of nitrogens with zero attached hydrogens (tertiary/aromatic N) is 3. The number of benzene rings is 5. The molecule has 7 nitrogen and oxygen atoms in total. The third kappa shape index (κ3) is 4.44. The number of hydrogen-bond donors (Lipinski definition) is 0. The minimum atomic E-state index is -1.34. The number of Topliss-reactive ketones (excluding diaryl/α,β-unsaturated/α-hetero) is 1. The van der Waals surface area contributed by atoms with Crippen LogP contribution < -0.4 is 4.90 Å². The van der Waals surface area contributed by atoms with Crippen LogP contribution >= 0.6 is 31.9 Å². The van der Waals surface area contributed by atoms with Crippen LogP contribution in [0.15, 0.2) is 130 Å². The van der Waals surface area contributed by atoms with Gasteiger partial charge in [-0.15, -0.1) is 0 Å². The van der Waals surface area contributed by atoms with E-state index in [9.17, 15) is 10.1 Å². The molecule has 9 heteroatoms. The summed E-state index contributed by atoms with van der Waals surface area (Å²) in [4.78, 5) is 47.2. The predicted molar refractivity (Wildman–Crippen MR) is 204 cm³/mol. The number of ketones is 1. The van der Waals surface area contributed by atoms with Crippen LogP contribution in [-0.2, 0) is 27.1 Å². The van der Waals surface area contributed by atoms with Gasteiger partial charge in [0.1, 0.15) is 5.54 Å². The third-order valence-corrected chi connectivity index (χ3v) is 12.5. The Bertz CT molecular complexity index is 2290. The largest absolute Gasteiger partial charge is 0.306 e. The van der Waals surface area contributed by atoms with Crippen molar-refractivity contribution in [3.05, 3.63) is 174 Å². The molecule has 2 fully saturated rings. The lowest BCUT2D eigenvalue weighted by Crippen LogP contribution is -2.62. The lowest BCUT2D eigenvalue weighted by Gasteiger charge is -2.45. The van der Waals surface area contributed by atoms with E-state index in [0.717, 1.165) is 60.9 Å². The maximum Gasteiger partial charge on any atom is 0.269 e. The van der Waals surface area contributed by atoms with E-state index in [1.54, 1.807) is 12.1 Å². The average Bonchev–Trinajstić information content (AvgIpc) is 3.85. The summed E-state index contributed by atoms with van der Waals surface area (Å²) in [7, 11) is 0. The molecule has 1 aliphatic carbocycles. The number of carbonyl (C=O) groups is 2. The zero-order valence-electron chi connectivity index (χ0n) is 27.3. The number of fused-ring (bicyclic) bond motifs is 7. The second-order valence-corrected chi connectivity index (χ2v) is 15.6. The highest BCUT2D eigenvalue weighted by Crippen LogP contribution is 2.72. The number of allylic oxidation sites excluding steroid dienone is 1. The third-order valence-electron chi connectivity index (χ3n) is 11.4. The smallest absolute Gasteiger partial charge is 0.269 e. The van der Waals surface area contributed by atoms with Crippen molar-refractivity contribution < 1.29 is 14.5 Å². The standard InChI is InChI=1S/C42H31Br2N3O4/c43-29-17-11-26(12-18-29)24-33-32-6-1-2-7-34(32)41(39(33)48)38(28-15-19-30(44)20-16-28)37-10-5-23-46(37)42(41)35-8-3-4-9-36(35)45(40(42)49)25-27-13-21-31(22-14-27)47(50)51/h1-4,6-9,11-22,24,37-38H,5,10,23,25H2/b33-24+/t37?,38-,41-,42+/m0/s1. The minimum Gasteiger partial charge on any atom is -0.306 e. The molecule has 1 amide bonds. The highest BCUT2D eigenvalue weighted by Gasteiger charge is 2.80. The number of rotatable bonds is 5. The summed E-state index contributed by atoms with van der Waals surface area (Å²) in [6.07, 6.45) is 3.74. The van der Waals surface area contributed by atoms with E-state index in [-0.39, 0.29) is 35.9 Å². The number of amides is 1. The number of nitro groups is 1. The van der Waals surface area contributed by atoms with Gasteiger partial charge in [-0.25, -0.2) is 0 Å². The Labute approximate surface area is 312 Å². The van der Waals surface area contributed by atoms with Crippen molar-refractivity contribution in [3.63, 3.8) is 0 Å². The quantitative estimate of drug-likeness (QED) is 0.101. The van der Waals surface area contributed by atoms with Gasteiger partial charge in [-0.1, -0.05) is 111 Å². The molecule has 4 atom stereocenters. The van der Waals surface area contributed by atoms with Crippen LogP contribution in [0.5, 0.6) is 0 Å².